The molecule has 0 atom stereocenters. The molecule has 152 valence electrons. The second-order valence-electron chi connectivity index (χ2n) is 6.44. The van der Waals surface area contributed by atoms with Crippen LogP contribution in [0, 0.1) is 6.92 Å². The lowest BCUT2D eigenvalue weighted by atomic mass is 10.2. The zero-order chi connectivity index (χ0) is 20.9. The number of hydrogen-bond acceptors (Lipinski definition) is 5. The number of amides is 1. The zero-order valence-corrected chi connectivity index (χ0v) is 17.1. The summed E-state index contributed by atoms with van der Waals surface area (Å²) in [7, 11) is -3.68. The molecular formula is C20H23N5O3S. The smallest absolute Gasteiger partial charge is 0.240 e. The number of carbonyl (C=O) groups is 1. The van der Waals surface area contributed by atoms with Crippen molar-refractivity contribution in [2.75, 3.05) is 11.9 Å². The Bertz CT molecular complexity index is 1090. The normalized spacial score (nSPS) is 11.4. The van der Waals surface area contributed by atoms with E-state index in [1.165, 1.54) is 6.07 Å². The van der Waals surface area contributed by atoms with Gasteiger partial charge in [0.05, 0.1) is 4.90 Å². The summed E-state index contributed by atoms with van der Waals surface area (Å²) in [6, 6.07) is 10.3. The number of anilines is 1. The van der Waals surface area contributed by atoms with Crippen LogP contribution in [-0.2, 0) is 21.4 Å². The van der Waals surface area contributed by atoms with Crippen molar-refractivity contribution in [1.29, 1.82) is 0 Å². The number of pyridine rings is 1. The molecule has 0 aliphatic rings. The molecule has 0 radical (unpaired) electrons. The van der Waals surface area contributed by atoms with Gasteiger partial charge in [0.2, 0.25) is 15.9 Å². The molecule has 0 spiro atoms. The van der Waals surface area contributed by atoms with Gasteiger partial charge in [0, 0.05) is 43.8 Å². The molecule has 0 aliphatic carbocycles. The average Bonchev–Trinajstić information content (AvgIpc) is 3.16. The van der Waals surface area contributed by atoms with Gasteiger partial charge in [0.15, 0.2) is 5.82 Å². The Balaban J connectivity index is 1.67. The van der Waals surface area contributed by atoms with Crippen LogP contribution in [0.2, 0.25) is 0 Å². The van der Waals surface area contributed by atoms with Crippen LogP contribution in [0.15, 0.2) is 59.9 Å². The Labute approximate surface area is 170 Å². The summed E-state index contributed by atoms with van der Waals surface area (Å²) >= 11 is 0. The average molecular weight is 414 g/mol. The Hall–Kier alpha value is -3.04. The highest BCUT2D eigenvalue weighted by Crippen LogP contribution is 2.20. The largest absolute Gasteiger partial charge is 0.328 e. The predicted octanol–water partition coefficient (Wildman–Crippen LogP) is 2.58. The van der Waals surface area contributed by atoms with E-state index in [0.29, 0.717) is 30.0 Å². The second kappa shape index (κ2) is 8.97. The second-order valence-corrected chi connectivity index (χ2v) is 8.17. The van der Waals surface area contributed by atoms with Crippen LogP contribution < -0.4 is 10.0 Å². The maximum atomic E-state index is 12.7. The summed E-state index contributed by atoms with van der Waals surface area (Å²) in [5, 5.41) is 2.72. The van der Waals surface area contributed by atoms with Gasteiger partial charge in [0.25, 0.3) is 0 Å². The quantitative estimate of drug-likeness (QED) is 0.590. The van der Waals surface area contributed by atoms with Crippen molar-refractivity contribution in [3.8, 4) is 11.5 Å². The topological polar surface area (TPSA) is 106 Å². The van der Waals surface area contributed by atoms with Crippen molar-refractivity contribution in [2.45, 2.75) is 31.7 Å². The van der Waals surface area contributed by atoms with Gasteiger partial charge in [0.1, 0.15) is 5.69 Å². The summed E-state index contributed by atoms with van der Waals surface area (Å²) in [4.78, 5) is 20.3. The van der Waals surface area contributed by atoms with E-state index < -0.39 is 10.0 Å². The van der Waals surface area contributed by atoms with E-state index >= 15 is 0 Å². The molecule has 2 N–H and O–H groups in total. The predicted molar refractivity (Wildman–Crippen MR) is 111 cm³/mol. The number of aromatic nitrogens is 3. The monoisotopic (exact) mass is 413 g/mol. The Morgan fingerprint density at radius 1 is 1.14 bits per heavy atom. The number of hydrogen-bond donors (Lipinski definition) is 2. The minimum Gasteiger partial charge on any atom is -0.328 e. The maximum Gasteiger partial charge on any atom is 0.240 e. The summed E-state index contributed by atoms with van der Waals surface area (Å²) in [6.45, 7) is 4.07. The van der Waals surface area contributed by atoms with Crippen LogP contribution in [0.25, 0.3) is 11.5 Å². The minimum atomic E-state index is -3.68. The van der Waals surface area contributed by atoms with Crippen molar-refractivity contribution in [3.05, 3.63) is 60.6 Å². The number of sulfonamides is 1. The molecule has 0 fully saturated rings. The first kappa shape index (κ1) is 20.7. The molecule has 3 aromatic rings. The Morgan fingerprint density at radius 3 is 2.66 bits per heavy atom. The minimum absolute atomic E-state index is 0.123. The van der Waals surface area contributed by atoms with Gasteiger partial charge in [-0.05, 0) is 42.8 Å². The van der Waals surface area contributed by atoms with Gasteiger partial charge in [-0.15, -0.1) is 0 Å². The van der Waals surface area contributed by atoms with E-state index in [0.717, 1.165) is 5.69 Å². The summed E-state index contributed by atoms with van der Waals surface area (Å²) in [5.74, 6) is 0.555. The fraction of sp³-hybridized carbons (Fsp3) is 0.250. The number of aryl methyl sites for hydroxylation is 1. The molecule has 0 aliphatic heterocycles. The van der Waals surface area contributed by atoms with Crippen LogP contribution in [0.4, 0.5) is 5.69 Å². The molecule has 8 nitrogen and oxygen atoms in total. The van der Waals surface area contributed by atoms with E-state index in [1.807, 2.05) is 22.8 Å². The van der Waals surface area contributed by atoms with Gasteiger partial charge in [-0.2, -0.15) is 0 Å². The van der Waals surface area contributed by atoms with Gasteiger partial charge in [-0.1, -0.05) is 13.0 Å². The van der Waals surface area contributed by atoms with Gasteiger partial charge >= 0.3 is 0 Å². The molecule has 0 unspecified atom stereocenters. The van der Waals surface area contributed by atoms with Crippen molar-refractivity contribution in [1.82, 2.24) is 19.3 Å². The van der Waals surface area contributed by atoms with Crippen LogP contribution in [0.3, 0.4) is 0 Å². The third-order valence-corrected chi connectivity index (χ3v) is 5.94. The van der Waals surface area contributed by atoms with Gasteiger partial charge in [-0.3, -0.25) is 9.78 Å². The molecule has 29 heavy (non-hydrogen) atoms. The molecule has 2 aromatic heterocycles. The van der Waals surface area contributed by atoms with Crippen molar-refractivity contribution in [3.63, 3.8) is 0 Å². The third kappa shape index (κ3) is 5.07. The number of carbonyl (C=O) groups excluding carboxylic acids is 1. The highest BCUT2D eigenvalue weighted by molar-refractivity contribution is 7.89. The van der Waals surface area contributed by atoms with E-state index in [4.69, 9.17) is 0 Å². The fourth-order valence-corrected chi connectivity index (χ4v) is 4.12. The summed E-state index contributed by atoms with van der Waals surface area (Å²) in [5.41, 5.74) is 1.86. The van der Waals surface area contributed by atoms with E-state index in [2.05, 4.69) is 20.0 Å². The number of nitrogens with zero attached hydrogens (tertiary/aromatic N) is 3. The van der Waals surface area contributed by atoms with Crippen LogP contribution >= 0.6 is 0 Å². The zero-order valence-electron chi connectivity index (χ0n) is 16.3. The number of imidazole rings is 1. The Kier molecular flexibility index (Phi) is 6.40. The van der Waals surface area contributed by atoms with Crippen molar-refractivity contribution in [2.24, 2.45) is 0 Å². The van der Waals surface area contributed by atoms with Crippen molar-refractivity contribution >= 4 is 21.6 Å². The summed E-state index contributed by atoms with van der Waals surface area (Å²) in [6.07, 6.45) is 5.49. The fourth-order valence-electron chi connectivity index (χ4n) is 2.87. The van der Waals surface area contributed by atoms with E-state index in [-0.39, 0.29) is 17.3 Å². The molecule has 0 saturated heterocycles. The molecule has 2 heterocycles. The standard InChI is InChI=1S/C20H23N5O3S/c1-3-19(26)24-16-7-8-18(15(2)14-16)29(27,28)23-11-13-25-12-10-22-20(25)17-6-4-5-9-21-17/h4-10,12,14,23H,3,11,13H2,1-2H3,(H,24,26). The van der Waals surface area contributed by atoms with Gasteiger partial charge in [-0.25, -0.2) is 18.1 Å². The van der Waals surface area contributed by atoms with E-state index in [9.17, 15) is 13.2 Å². The molecular weight excluding hydrogens is 390 g/mol. The SMILES string of the molecule is CCC(=O)Nc1ccc(S(=O)(=O)NCCn2ccnc2-c2ccccn2)c(C)c1. The molecule has 0 bridgehead atoms. The molecule has 3 rings (SSSR count). The lowest BCUT2D eigenvalue weighted by molar-refractivity contribution is -0.115. The number of nitrogens with one attached hydrogen (secondary N) is 2. The maximum absolute atomic E-state index is 12.7. The third-order valence-electron chi connectivity index (χ3n) is 4.32. The first-order valence-electron chi connectivity index (χ1n) is 9.23. The van der Waals surface area contributed by atoms with Crippen LogP contribution in [0.5, 0.6) is 0 Å². The number of rotatable bonds is 8. The molecule has 1 aromatic carbocycles. The van der Waals surface area contributed by atoms with E-state index in [1.54, 1.807) is 44.6 Å². The highest BCUT2D eigenvalue weighted by Gasteiger charge is 2.17. The van der Waals surface area contributed by atoms with Crippen molar-refractivity contribution < 1.29 is 13.2 Å². The first-order valence-corrected chi connectivity index (χ1v) is 10.7. The molecule has 1 amide bonds. The van der Waals surface area contributed by atoms with Gasteiger partial charge < -0.3 is 9.88 Å². The summed E-state index contributed by atoms with van der Waals surface area (Å²) < 4.78 is 29.8. The highest BCUT2D eigenvalue weighted by atomic mass is 32.2. The lowest BCUT2D eigenvalue weighted by Gasteiger charge is -2.12. The number of benzene rings is 1. The van der Waals surface area contributed by atoms with Crippen LogP contribution in [-0.4, -0.2) is 35.4 Å². The first-order chi connectivity index (χ1) is 13.9. The molecule has 9 heteroatoms. The Morgan fingerprint density at radius 2 is 1.97 bits per heavy atom. The molecule has 0 saturated carbocycles. The lowest BCUT2D eigenvalue weighted by Crippen LogP contribution is -2.28. The van der Waals surface area contributed by atoms with Crippen LogP contribution in [0.1, 0.15) is 18.9 Å².